The molecular formula is C14H13ClINO. The zero-order valence-corrected chi connectivity index (χ0v) is 12.8. The Morgan fingerprint density at radius 2 is 2.00 bits per heavy atom. The van der Waals surface area contributed by atoms with Crippen molar-refractivity contribution in [2.75, 3.05) is 7.11 Å². The van der Waals surface area contributed by atoms with E-state index in [2.05, 4.69) is 28.7 Å². The standard InChI is InChI=1S/C14H13ClINO/c1-18-13-6-5-10(15)8-12(13)14(17)9-3-2-4-11(16)7-9/h2-8,14H,17H2,1H3. The Morgan fingerprint density at radius 1 is 1.22 bits per heavy atom. The van der Waals surface area contributed by atoms with E-state index in [1.54, 1.807) is 13.2 Å². The largest absolute Gasteiger partial charge is 0.496 e. The number of ether oxygens (including phenoxy) is 1. The summed E-state index contributed by atoms with van der Waals surface area (Å²) in [4.78, 5) is 0. The van der Waals surface area contributed by atoms with Crippen molar-refractivity contribution in [2.24, 2.45) is 5.73 Å². The Bertz CT molecular complexity index is 559. The van der Waals surface area contributed by atoms with Crippen molar-refractivity contribution in [1.82, 2.24) is 0 Å². The second kappa shape index (κ2) is 5.91. The predicted molar refractivity (Wildman–Crippen MR) is 83.2 cm³/mol. The van der Waals surface area contributed by atoms with Gasteiger partial charge in [-0.25, -0.2) is 0 Å². The molecule has 4 heteroatoms. The molecule has 2 aromatic rings. The summed E-state index contributed by atoms with van der Waals surface area (Å²) in [6.07, 6.45) is 0. The first-order valence-electron chi connectivity index (χ1n) is 5.46. The second-order valence-corrected chi connectivity index (χ2v) is 5.60. The van der Waals surface area contributed by atoms with Gasteiger partial charge in [-0.15, -0.1) is 0 Å². The van der Waals surface area contributed by atoms with Crippen LogP contribution in [0.3, 0.4) is 0 Å². The van der Waals surface area contributed by atoms with Crippen LogP contribution in [0.1, 0.15) is 17.2 Å². The third-order valence-electron chi connectivity index (χ3n) is 2.73. The van der Waals surface area contributed by atoms with Crippen molar-refractivity contribution in [1.29, 1.82) is 0 Å². The van der Waals surface area contributed by atoms with E-state index in [4.69, 9.17) is 22.1 Å². The lowest BCUT2D eigenvalue weighted by Gasteiger charge is -2.16. The summed E-state index contributed by atoms with van der Waals surface area (Å²) in [6, 6.07) is 13.3. The van der Waals surface area contributed by atoms with Gasteiger partial charge in [-0.1, -0.05) is 23.7 Å². The zero-order valence-electron chi connectivity index (χ0n) is 9.86. The van der Waals surface area contributed by atoms with Crippen molar-refractivity contribution in [3.05, 3.63) is 62.2 Å². The highest BCUT2D eigenvalue weighted by atomic mass is 127. The van der Waals surface area contributed by atoms with Crippen LogP contribution in [0.15, 0.2) is 42.5 Å². The molecule has 0 aromatic heterocycles. The highest BCUT2D eigenvalue weighted by molar-refractivity contribution is 14.1. The van der Waals surface area contributed by atoms with Crippen LogP contribution in [0.25, 0.3) is 0 Å². The molecule has 0 amide bonds. The molecule has 2 N–H and O–H groups in total. The van der Waals surface area contributed by atoms with Gasteiger partial charge in [0.1, 0.15) is 5.75 Å². The molecule has 0 aliphatic heterocycles. The molecule has 0 aliphatic rings. The molecule has 0 aliphatic carbocycles. The van der Waals surface area contributed by atoms with Crippen LogP contribution >= 0.6 is 34.2 Å². The second-order valence-electron chi connectivity index (χ2n) is 3.92. The lowest BCUT2D eigenvalue weighted by atomic mass is 9.99. The Balaban J connectivity index is 2.44. The summed E-state index contributed by atoms with van der Waals surface area (Å²) in [5.41, 5.74) is 8.23. The highest BCUT2D eigenvalue weighted by Gasteiger charge is 2.14. The first-order valence-corrected chi connectivity index (χ1v) is 6.92. The van der Waals surface area contributed by atoms with E-state index >= 15 is 0 Å². The van der Waals surface area contributed by atoms with Crippen LogP contribution in [0.4, 0.5) is 0 Å². The molecule has 2 rings (SSSR count). The lowest BCUT2D eigenvalue weighted by Crippen LogP contribution is -2.13. The van der Waals surface area contributed by atoms with Gasteiger partial charge in [-0.2, -0.15) is 0 Å². The molecule has 2 aromatic carbocycles. The van der Waals surface area contributed by atoms with E-state index in [0.29, 0.717) is 5.02 Å². The van der Waals surface area contributed by atoms with Gasteiger partial charge in [-0.05, 0) is 58.5 Å². The van der Waals surface area contributed by atoms with Crippen molar-refractivity contribution in [3.63, 3.8) is 0 Å². The molecule has 0 fully saturated rings. The maximum absolute atomic E-state index is 6.29. The number of nitrogens with two attached hydrogens (primary N) is 1. The Labute approximate surface area is 125 Å². The minimum Gasteiger partial charge on any atom is -0.496 e. The minimum atomic E-state index is -0.242. The average molecular weight is 374 g/mol. The van der Waals surface area contributed by atoms with Gasteiger partial charge in [0.15, 0.2) is 0 Å². The van der Waals surface area contributed by atoms with E-state index in [-0.39, 0.29) is 6.04 Å². The van der Waals surface area contributed by atoms with Crippen LogP contribution < -0.4 is 10.5 Å². The van der Waals surface area contributed by atoms with Crippen molar-refractivity contribution < 1.29 is 4.74 Å². The molecule has 0 heterocycles. The fourth-order valence-electron chi connectivity index (χ4n) is 1.83. The molecular weight excluding hydrogens is 361 g/mol. The third-order valence-corrected chi connectivity index (χ3v) is 3.64. The first-order chi connectivity index (χ1) is 8.61. The summed E-state index contributed by atoms with van der Waals surface area (Å²) in [5.74, 6) is 0.755. The van der Waals surface area contributed by atoms with Gasteiger partial charge < -0.3 is 10.5 Å². The molecule has 0 bridgehead atoms. The molecule has 0 radical (unpaired) electrons. The summed E-state index contributed by atoms with van der Waals surface area (Å²) >= 11 is 8.29. The molecule has 2 nitrogen and oxygen atoms in total. The smallest absolute Gasteiger partial charge is 0.124 e. The van der Waals surface area contributed by atoms with Gasteiger partial charge in [0.05, 0.1) is 13.2 Å². The maximum Gasteiger partial charge on any atom is 0.124 e. The molecule has 0 saturated carbocycles. The van der Waals surface area contributed by atoms with Gasteiger partial charge >= 0.3 is 0 Å². The molecule has 94 valence electrons. The van der Waals surface area contributed by atoms with Gasteiger partial charge in [0.25, 0.3) is 0 Å². The zero-order chi connectivity index (χ0) is 13.1. The van der Waals surface area contributed by atoms with E-state index in [1.807, 2.05) is 30.3 Å². The predicted octanol–water partition coefficient (Wildman–Crippen LogP) is 4.00. The van der Waals surface area contributed by atoms with Crippen LogP contribution in [-0.2, 0) is 0 Å². The third kappa shape index (κ3) is 2.96. The quantitative estimate of drug-likeness (QED) is 0.825. The fourth-order valence-corrected chi connectivity index (χ4v) is 2.58. The van der Waals surface area contributed by atoms with Crippen LogP contribution in [0.5, 0.6) is 5.75 Å². The minimum absolute atomic E-state index is 0.242. The number of hydrogen-bond acceptors (Lipinski definition) is 2. The van der Waals surface area contributed by atoms with E-state index < -0.39 is 0 Å². The molecule has 18 heavy (non-hydrogen) atoms. The normalized spacial score (nSPS) is 12.2. The summed E-state index contributed by atoms with van der Waals surface area (Å²) in [5, 5.41) is 0.659. The van der Waals surface area contributed by atoms with Crippen molar-refractivity contribution in [3.8, 4) is 5.75 Å². The Kier molecular flexibility index (Phi) is 4.48. The maximum atomic E-state index is 6.29. The van der Waals surface area contributed by atoms with Crippen molar-refractivity contribution >= 4 is 34.2 Å². The number of methoxy groups -OCH3 is 1. The number of benzene rings is 2. The first kappa shape index (κ1) is 13.6. The topological polar surface area (TPSA) is 35.2 Å². The Morgan fingerprint density at radius 3 is 2.67 bits per heavy atom. The SMILES string of the molecule is COc1ccc(Cl)cc1C(N)c1cccc(I)c1. The summed E-state index contributed by atoms with van der Waals surface area (Å²) in [6.45, 7) is 0. The number of hydrogen-bond donors (Lipinski definition) is 1. The summed E-state index contributed by atoms with van der Waals surface area (Å²) in [7, 11) is 1.63. The molecule has 1 unspecified atom stereocenters. The average Bonchev–Trinajstić information content (AvgIpc) is 2.38. The van der Waals surface area contributed by atoms with Crippen LogP contribution in [-0.4, -0.2) is 7.11 Å². The van der Waals surface area contributed by atoms with Crippen LogP contribution in [0.2, 0.25) is 5.02 Å². The van der Waals surface area contributed by atoms with E-state index in [0.717, 1.165) is 20.4 Å². The molecule has 0 saturated heterocycles. The van der Waals surface area contributed by atoms with E-state index in [1.165, 1.54) is 0 Å². The van der Waals surface area contributed by atoms with E-state index in [9.17, 15) is 0 Å². The number of rotatable bonds is 3. The fraction of sp³-hybridized carbons (Fsp3) is 0.143. The van der Waals surface area contributed by atoms with Gasteiger partial charge in [-0.3, -0.25) is 0 Å². The van der Waals surface area contributed by atoms with Crippen LogP contribution in [0, 0.1) is 3.57 Å². The lowest BCUT2D eigenvalue weighted by molar-refractivity contribution is 0.408. The highest BCUT2D eigenvalue weighted by Crippen LogP contribution is 2.31. The summed E-state index contributed by atoms with van der Waals surface area (Å²) < 4.78 is 6.49. The Hall–Kier alpha value is -0.780. The number of halogens is 2. The van der Waals surface area contributed by atoms with Gasteiger partial charge in [0.2, 0.25) is 0 Å². The van der Waals surface area contributed by atoms with Crippen molar-refractivity contribution in [2.45, 2.75) is 6.04 Å². The van der Waals surface area contributed by atoms with Gasteiger partial charge in [0, 0.05) is 14.2 Å². The molecule has 0 spiro atoms. The molecule has 1 atom stereocenters. The monoisotopic (exact) mass is 373 g/mol.